The maximum atomic E-state index is 12.4. The van der Waals surface area contributed by atoms with E-state index in [9.17, 15) is 9.59 Å². The summed E-state index contributed by atoms with van der Waals surface area (Å²) >= 11 is 11.7. The van der Waals surface area contributed by atoms with Gasteiger partial charge in [-0.2, -0.15) is 5.10 Å². The molecule has 3 heterocycles. The Morgan fingerprint density at radius 3 is 2.63 bits per heavy atom. The number of hydrogen-bond donors (Lipinski definition) is 2. The Kier molecular flexibility index (Phi) is 7.83. The van der Waals surface area contributed by atoms with Crippen molar-refractivity contribution >= 4 is 40.7 Å². The molecule has 0 spiro atoms. The van der Waals surface area contributed by atoms with E-state index in [1.54, 1.807) is 12.4 Å². The molecule has 1 amide bonds. The SMILES string of the molecule is CC(COCCC(=O)N1CCN(c2ncc(Cl)cn2)CC1)Nc1cn[nH]c(=O)c1Cl. The summed E-state index contributed by atoms with van der Waals surface area (Å²) in [7, 11) is 0. The second-order valence-corrected chi connectivity index (χ2v) is 7.68. The number of carbonyl (C=O) groups is 1. The molecule has 0 saturated carbocycles. The van der Waals surface area contributed by atoms with Gasteiger partial charge in [0.05, 0.1) is 48.9 Å². The first kappa shape index (κ1) is 22.3. The van der Waals surface area contributed by atoms with Crippen molar-refractivity contribution in [2.75, 3.05) is 49.6 Å². The van der Waals surface area contributed by atoms with Gasteiger partial charge >= 0.3 is 0 Å². The molecule has 0 bridgehead atoms. The summed E-state index contributed by atoms with van der Waals surface area (Å²) in [5.74, 6) is 0.668. The van der Waals surface area contributed by atoms with Crippen LogP contribution in [0.2, 0.25) is 10.0 Å². The number of ether oxygens (including phenoxy) is 1. The van der Waals surface area contributed by atoms with Gasteiger partial charge in [0.1, 0.15) is 5.02 Å². The summed E-state index contributed by atoms with van der Waals surface area (Å²) in [4.78, 5) is 36.1. The van der Waals surface area contributed by atoms with Gasteiger partial charge in [0.25, 0.3) is 5.56 Å². The van der Waals surface area contributed by atoms with Crippen LogP contribution in [0.25, 0.3) is 0 Å². The van der Waals surface area contributed by atoms with Gasteiger partial charge in [0, 0.05) is 32.2 Å². The van der Waals surface area contributed by atoms with Crippen molar-refractivity contribution in [3.8, 4) is 0 Å². The zero-order chi connectivity index (χ0) is 21.5. The van der Waals surface area contributed by atoms with Crippen LogP contribution in [0.5, 0.6) is 0 Å². The molecule has 2 aromatic heterocycles. The number of anilines is 2. The van der Waals surface area contributed by atoms with Gasteiger partial charge < -0.3 is 19.9 Å². The molecule has 0 radical (unpaired) electrons. The lowest BCUT2D eigenvalue weighted by Gasteiger charge is -2.34. The monoisotopic (exact) mass is 455 g/mol. The van der Waals surface area contributed by atoms with E-state index in [4.69, 9.17) is 27.9 Å². The van der Waals surface area contributed by atoms with Crippen LogP contribution in [0.4, 0.5) is 11.6 Å². The van der Waals surface area contributed by atoms with E-state index in [0.717, 1.165) is 0 Å². The lowest BCUT2D eigenvalue weighted by atomic mass is 10.3. The number of rotatable bonds is 8. The molecular weight excluding hydrogens is 433 g/mol. The van der Waals surface area contributed by atoms with Crippen molar-refractivity contribution in [2.45, 2.75) is 19.4 Å². The zero-order valence-corrected chi connectivity index (χ0v) is 18.0. The Labute approximate surface area is 183 Å². The minimum atomic E-state index is -0.455. The maximum Gasteiger partial charge on any atom is 0.285 e. The average molecular weight is 456 g/mol. The van der Waals surface area contributed by atoms with Crippen molar-refractivity contribution in [3.05, 3.63) is 39.0 Å². The van der Waals surface area contributed by atoms with Gasteiger partial charge in [-0.3, -0.25) is 9.59 Å². The predicted octanol–water partition coefficient (Wildman–Crippen LogP) is 1.42. The molecule has 1 saturated heterocycles. The van der Waals surface area contributed by atoms with Crippen molar-refractivity contribution in [3.63, 3.8) is 0 Å². The second-order valence-electron chi connectivity index (χ2n) is 6.87. The van der Waals surface area contributed by atoms with E-state index < -0.39 is 5.56 Å². The van der Waals surface area contributed by atoms with Crippen molar-refractivity contribution in [1.82, 2.24) is 25.1 Å². The summed E-state index contributed by atoms with van der Waals surface area (Å²) < 4.78 is 5.60. The van der Waals surface area contributed by atoms with Gasteiger partial charge in [-0.15, -0.1) is 0 Å². The largest absolute Gasteiger partial charge is 0.379 e. The number of aromatic nitrogens is 4. The molecule has 1 unspecified atom stereocenters. The standard InChI is InChI=1S/C18H23Cl2N7O3/c1-12(24-14-10-23-25-17(29)16(14)20)11-30-7-2-15(28)26-3-5-27(6-4-26)18-21-8-13(19)9-22-18/h8-10,12H,2-7,11H2,1H3,(H2,24,25,29). The third-order valence-electron chi connectivity index (χ3n) is 4.55. The highest BCUT2D eigenvalue weighted by Crippen LogP contribution is 2.16. The van der Waals surface area contributed by atoms with Gasteiger partial charge in [0.15, 0.2) is 0 Å². The molecule has 162 valence electrons. The molecule has 3 rings (SSSR count). The molecule has 2 N–H and O–H groups in total. The van der Waals surface area contributed by atoms with E-state index in [1.807, 2.05) is 16.7 Å². The molecule has 2 aromatic rings. The molecule has 1 aliphatic rings. The van der Waals surface area contributed by atoms with Gasteiger partial charge in [-0.1, -0.05) is 23.2 Å². The van der Waals surface area contributed by atoms with Gasteiger partial charge in [-0.05, 0) is 6.92 Å². The van der Waals surface area contributed by atoms with Crippen LogP contribution in [0.3, 0.4) is 0 Å². The van der Waals surface area contributed by atoms with Crippen molar-refractivity contribution < 1.29 is 9.53 Å². The van der Waals surface area contributed by atoms with Crippen LogP contribution in [0.1, 0.15) is 13.3 Å². The maximum absolute atomic E-state index is 12.4. The van der Waals surface area contributed by atoms with Gasteiger partial charge in [0.2, 0.25) is 11.9 Å². The minimum Gasteiger partial charge on any atom is -0.379 e. The average Bonchev–Trinajstić information content (AvgIpc) is 2.75. The number of nitrogens with one attached hydrogen (secondary N) is 2. The van der Waals surface area contributed by atoms with E-state index in [1.165, 1.54) is 6.20 Å². The smallest absolute Gasteiger partial charge is 0.285 e. The predicted molar refractivity (Wildman–Crippen MR) is 114 cm³/mol. The summed E-state index contributed by atoms with van der Waals surface area (Å²) in [5.41, 5.74) is -0.0155. The Hall–Kier alpha value is -2.43. The van der Waals surface area contributed by atoms with Crippen LogP contribution in [0, 0.1) is 0 Å². The highest BCUT2D eigenvalue weighted by Gasteiger charge is 2.22. The highest BCUT2D eigenvalue weighted by molar-refractivity contribution is 6.32. The summed E-state index contributed by atoms with van der Waals surface area (Å²) in [6.45, 7) is 5.11. The third-order valence-corrected chi connectivity index (χ3v) is 5.12. The molecule has 10 nitrogen and oxygen atoms in total. The number of piperazine rings is 1. The lowest BCUT2D eigenvalue weighted by molar-refractivity contribution is -0.132. The van der Waals surface area contributed by atoms with E-state index >= 15 is 0 Å². The van der Waals surface area contributed by atoms with Gasteiger partial charge in [-0.25, -0.2) is 15.1 Å². The first-order chi connectivity index (χ1) is 14.4. The first-order valence-corrected chi connectivity index (χ1v) is 10.3. The Morgan fingerprint density at radius 1 is 1.23 bits per heavy atom. The minimum absolute atomic E-state index is 0.0501. The van der Waals surface area contributed by atoms with E-state index in [2.05, 4.69) is 25.5 Å². The second kappa shape index (κ2) is 10.6. The Balaban J connectivity index is 1.34. The summed E-state index contributed by atoms with van der Waals surface area (Å²) in [6.07, 6.45) is 4.87. The zero-order valence-electron chi connectivity index (χ0n) is 16.5. The number of hydrogen-bond acceptors (Lipinski definition) is 8. The molecule has 0 aromatic carbocycles. The molecule has 0 aliphatic carbocycles. The number of carbonyl (C=O) groups excluding carboxylic acids is 1. The van der Waals surface area contributed by atoms with Crippen LogP contribution >= 0.6 is 23.2 Å². The van der Waals surface area contributed by atoms with Crippen molar-refractivity contribution in [1.29, 1.82) is 0 Å². The number of H-pyrrole nitrogens is 1. The molecule has 1 atom stereocenters. The van der Waals surface area contributed by atoms with E-state index in [-0.39, 0.29) is 17.0 Å². The molecule has 1 fully saturated rings. The number of halogens is 2. The lowest BCUT2D eigenvalue weighted by Crippen LogP contribution is -2.49. The number of aromatic amines is 1. The molecule has 30 heavy (non-hydrogen) atoms. The van der Waals surface area contributed by atoms with E-state index in [0.29, 0.717) is 62.5 Å². The Morgan fingerprint density at radius 2 is 1.93 bits per heavy atom. The molecular formula is C18H23Cl2N7O3. The highest BCUT2D eigenvalue weighted by atomic mass is 35.5. The van der Waals surface area contributed by atoms with Crippen molar-refractivity contribution in [2.24, 2.45) is 0 Å². The number of nitrogens with zero attached hydrogens (tertiary/aromatic N) is 5. The van der Waals surface area contributed by atoms with Crippen LogP contribution < -0.4 is 15.8 Å². The fraction of sp³-hybridized carbons (Fsp3) is 0.500. The number of amides is 1. The molecule has 12 heteroatoms. The summed E-state index contributed by atoms with van der Waals surface area (Å²) in [5, 5.41) is 9.57. The topological polar surface area (TPSA) is 116 Å². The Bertz CT molecular complexity index is 901. The van der Waals surface area contributed by atoms with Crippen LogP contribution in [-0.4, -0.2) is 76.4 Å². The van der Waals surface area contributed by atoms with Crippen LogP contribution in [-0.2, 0) is 9.53 Å². The fourth-order valence-electron chi connectivity index (χ4n) is 2.99. The fourth-order valence-corrected chi connectivity index (χ4v) is 3.24. The third kappa shape index (κ3) is 6.04. The van der Waals surface area contributed by atoms with Crippen LogP contribution in [0.15, 0.2) is 23.4 Å². The normalized spacial score (nSPS) is 15.2. The summed E-state index contributed by atoms with van der Waals surface area (Å²) in [6, 6.07) is -0.107. The quantitative estimate of drug-likeness (QED) is 0.573. The first-order valence-electron chi connectivity index (χ1n) is 9.51. The molecule has 1 aliphatic heterocycles.